The first-order valence-electron chi connectivity index (χ1n) is 12.7. The van der Waals surface area contributed by atoms with Crippen molar-refractivity contribution in [2.45, 2.75) is 43.9 Å². The first-order valence-corrected chi connectivity index (χ1v) is 12.7. The van der Waals surface area contributed by atoms with Crippen LogP contribution < -0.4 is 16.0 Å². The molecule has 2 atom stereocenters. The van der Waals surface area contributed by atoms with Crippen LogP contribution in [0.15, 0.2) is 42.5 Å². The van der Waals surface area contributed by atoms with Gasteiger partial charge < -0.3 is 25.6 Å². The molecule has 1 spiro atoms. The molecule has 0 aromatic heterocycles. The van der Waals surface area contributed by atoms with Gasteiger partial charge in [0.25, 0.3) is 5.91 Å². The number of carbonyl (C=O) groups excluding carboxylic acids is 4. The summed E-state index contributed by atoms with van der Waals surface area (Å²) in [6.07, 6.45) is 1.55. The minimum atomic E-state index is -1.48. The Morgan fingerprint density at radius 2 is 2.00 bits per heavy atom. The topological polar surface area (TPSA) is 120 Å². The summed E-state index contributed by atoms with van der Waals surface area (Å²) in [6, 6.07) is 10.5. The van der Waals surface area contributed by atoms with Gasteiger partial charge in [-0.1, -0.05) is 18.2 Å². The van der Waals surface area contributed by atoms with E-state index < -0.39 is 24.1 Å². The van der Waals surface area contributed by atoms with E-state index in [4.69, 9.17) is 4.74 Å². The van der Waals surface area contributed by atoms with Gasteiger partial charge in [-0.05, 0) is 61.2 Å². The number of hydrogen-bond donors (Lipinski definition) is 3. The van der Waals surface area contributed by atoms with Crippen LogP contribution in [-0.2, 0) is 32.9 Å². The number of ether oxygens (including phenoxy) is 1. The number of urea groups is 1. The summed E-state index contributed by atoms with van der Waals surface area (Å²) >= 11 is 0. The normalized spacial score (nSPS) is 22.3. The molecule has 11 heteroatoms. The van der Waals surface area contributed by atoms with E-state index in [0.717, 1.165) is 35.4 Å². The van der Waals surface area contributed by atoms with E-state index in [1.54, 1.807) is 35.2 Å². The van der Waals surface area contributed by atoms with E-state index in [9.17, 15) is 23.6 Å². The molecular weight excluding hydrogens is 493 g/mol. The second kappa shape index (κ2) is 10.4. The number of anilines is 1. The number of piperidine rings is 1. The molecule has 3 aliphatic rings. The van der Waals surface area contributed by atoms with E-state index in [0.29, 0.717) is 24.2 Å². The number of rotatable bonds is 6. The summed E-state index contributed by atoms with van der Waals surface area (Å²) in [5.74, 6) is -1.31. The van der Waals surface area contributed by atoms with Crippen LogP contribution in [-0.4, -0.2) is 66.5 Å². The second-order valence-corrected chi connectivity index (χ2v) is 9.81. The van der Waals surface area contributed by atoms with Gasteiger partial charge in [-0.2, -0.15) is 0 Å². The molecule has 2 aromatic carbocycles. The monoisotopic (exact) mass is 523 g/mol. The Bertz CT molecular complexity index is 1260. The fourth-order valence-corrected chi connectivity index (χ4v) is 5.46. The first kappa shape index (κ1) is 25.7. The Morgan fingerprint density at radius 1 is 1.21 bits per heavy atom. The molecule has 5 amide bonds. The van der Waals surface area contributed by atoms with Crippen molar-refractivity contribution in [2.75, 3.05) is 32.0 Å². The SMILES string of the molecule is CNC(=O)Nc1ccc2c(c1)CC[C@@]21OC(=O)N(CC(=O)N(Cc2ccc(F)cc2)[C@@H]2CCCNC2)C1=O. The summed E-state index contributed by atoms with van der Waals surface area (Å²) in [5.41, 5.74) is 1.18. The van der Waals surface area contributed by atoms with Crippen molar-refractivity contribution in [3.8, 4) is 0 Å². The number of aryl methyl sites for hydroxylation is 1. The zero-order valence-corrected chi connectivity index (χ0v) is 21.1. The number of nitrogens with one attached hydrogen (secondary N) is 3. The first-order chi connectivity index (χ1) is 18.3. The molecule has 0 saturated carbocycles. The van der Waals surface area contributed by atoms with Gasteiger partial charge in [-0.3, -0.25) is 9.59 Å². The fraction of sp³-hybridized carbons (Fsp3) is 0.407. The van der Waals surface area contributed by atoms with Crippen LogP contribution in [0.25, 0.3) is 0 Å². The van der Waals surface area contributed by atoms with E-state index in [1.165, 1.54) is 19.2 Å². The minimum Gasteiger partial charge on any atom is -0.427 e. The quantitative estimate of drug-likeness (QED) is 0.535. The van der Waals surface area contributed by atoms with Gasteiger partial charge in [0.1, 0.15) is 12.4 Å². The molecule has 0 radical (unpaired) electrons. The maximum Gasteiger partial charge on any atom is 0.418 e. The van der Waals surface area contributed by atoms with Crippen molar-refractivity contribution in [1.82, 2.24) is 20.4 Å². The van der Waals surface area contributed by atoms with Crippen LogP contribution in [0.4, 0.5) is 19.7 Å². The Labute approximate surface area is 219 Å². The van der Waals surface area contributed by atoms with Gasteiger partial charge in [0, 0.05) is 43.9 Å². The largest absolute Gasteiger partial charge is 0.427 e. The lowest BCUT2D eigenvalue weighted by molar-refractivity contribution is -0.143. The number of imide groups is 1. The zero-order chi connectivity index (χ0) is 26.9. The molecule has 10 nitrogen and oxygen atoms in total. The van der Waals surface area contributed by atoms with Crippen LogP contribution in [0.3, 0.4) is 0 Å². The summed E-state index contributed by atoms with van der Waals surface area (Å²) in [7, 11) is 1.51. The third-order valence-corrected chi connectivity index (χ3v) is 7.44. The highest BCUT2D eigenvalue weighted by atomic mass is 19.1. The predicted octanol–water partition coefficient (Wildman–Crippen LogP) is 2.48. The van der Waals surface area contributed by atoms with Crippen molar-refractivity contribution in [3.63, 3.8) is 0 Å². The van der Waals surface area contributed by atoms with Gasteiger partial charge in [-0.15, -0.1) is 0 Å². The van der Waals surface area contributed by atoms with Gasteiger partial charge >= 0.3 is 12.1 Å². The average molecular weight is 524 g/mol. The van der Waals surface area contributed by atoms with Gasteiger partial charge in [0.2, 0.25) is 11.5 Å². The van der Waals surface area contributed by atoms with Gasteiger partial charge in [-0.25, -0.2) is 18.9 Å². The van der Waals surface area contributed by atoms with E-state index >= 15 is 0 Å². The molecule has 2 saturated heterocycles. The molecule has 200 valence electrons. The molecule has 2 aliphatic heterocycles. The molecule has 5 rings (SSSR count). The lowest BCUT2D eigenvalue weighted by Crippen LogP contribution is -2.52. The standard InChI is InChI=1S/C27H30FN5O5/c1-29-25(36)31-20-8-9-22-18(13-20)10-11-27(22)24(35)33(26(37)38-27)16-23(34)32(21-3-2-12-30-14-21)15-17-4-6-19(28)7-5-17/h4-9,13,21,30H,2-3,10-12,14-16H2,1H3,(H2,29,31,36)/t21-,27-/m1/s1. The lowest BCUT2D eigenvalue weighted by atomic mass is 9.94. The van der Waals surface area contributed by atoms with E-state index in [1.807, 2.05) is 0 Å². The van der Waals surface area contributed by atoms with Crippen LogP contribution in [0.5, 0.6) is 0 Å². The van der Waals surface area contributed by atoms with Crippen LogP contribution in [0, 0.1) is 5.82 Å². The van der Waals surface area contributed by atoms with Gasteiger partial charge in [0.05, 0.1) is 0 Å². The number of amides is 5. The molecule has 38 heavy (non-hydrogen) atoms. The van der Waals surface area contributed by atoms with Crippen LogP contribution >= 0.6 is 0 Å². The number of carbonyl (C=O) groups is 4. The number of fused-ring (bicyclic) bond motifs is 2. The molecule has 2 aromatic rings. The fourth-order valence-electron chi connectivity index (χ4n) is 5.46. The Hall–Kier alpha value is -3.99. The summed E-state index contributed by atoms with van der Waals surface area (Å²) in [4.78, 5) is 54.3. The van der Waals surface area contributed by atoms with E-state index in [-0.39, 0.29) is 36.8 Å². The van der Waals surface area contributed by atoms with Crippen LogP contribution in [0.2, 0.25) is 0 Å². The summed E-state index contributed by atoms with van der Waals surface area (Å²) in [5, 5.41) is 8.46. The Balaban J connectivity index is 1.35. The summed E-state index contributed by atoms with van der Waals surface area (Å²) < 4.78 is 19.1. The Kier molecular flexibility index (Phi) is 7.02. The maximum atomic E-state index is 13.6. The lowest BCUT2D eigenvalue weighted by Gasteiger charge is -2.35. The smallest absolute Gasteiger partial charge is 0.418 e. The predicted molar refractivity (Wildman–Crippen MR) is 136 cm³/mol. The minimum absolute atomic E-state index is 0.123. The third-order valence-electron chi connectivity index (χ3n) is 7.44. The summed E-state index contributed by atoms with van der Waals surface area (Å²) in [6.45, 7) is 1.24. The maximum absolute atomic E-state index is 13.6. The highest BCUT2D eigenvalue weighted by Crippen LogP contribution is 2.46. The Morgan fingerprint density at radius 3 is 2.71 bits per heavy atom. The molecule has 2 heterocycles. The molecule has 1 aliphatic carbocycles. The zero-order valence-electron chi connectivity index (χ0n) is 21.1. The van der Waals surface area contributed by atoms with Crippen molar-refractivity contribution in [2.24, 2.45) is 0 Å². The molecule has 3 N–H and O–H groups in total. The van der Waals surface area contributed by atoms with Crippen molar-refractivity contribution < 1.29 is 28.3 Å². The second-order valence-electron chi connectivity index (χ2n) is 9.81. The number of halogens is 1. The molecule has 0 unspecified atom stereocenters. The molecule has 0 bridgehead atoms. The molecular formula is C27H30FN5O5. The number of hydrogen-bond acceptors (Lipinski definition) is 6. The van der Waals surface area contributed by atoms with Gasteiger partial charge in [0.15, 0.2) is 0 Å². The molecule has 2 fully saturated rings. The van der Waals surface area contributed by atoms with E-state index in [2.05, 4.69) is 16.0 Å². The van der Waals surface area contributed by atoms with Crippen molar-refractivity contribution >= 4 is 29.6 Å². The average Bonchev–Trinajstić information content (AvgIpc) is 3.40. The van der Waals surface area contributed by atoms with Crippen LogP contribution in [0.1, 0.15) is 36.0 Å². The highest BCUT2D eigenvalue weighted by Gasteiger charge is 2.58. The number of nitrogens with zero attached hydrogens (tertiary/aromatic N) is 2. The third kappa shape index (κ3) is 4.81. The number of benzene rings is 2. The van der Waals surface area contributed by atoms with Crippen molar-refractivity contribution in [1.29, 1.82) is 0 Å². The van der Waals surface area contributed by atoms with Crippen molar-refractivity contribution in [3.05, 3.63) is 65.0 Å². The highest BCUT2D eigenvalue weighted by molar-refractivity contribution is 6.06.